The van der Waals surface area contributed by atoms with Crippen LogP contribution in [0, 0.1) is 0 Å². The predicted molar refractivity (Wildman–Crippen MR) is 95.5 cm³/mol. The van der Waals surface area contributed by atoms with Crippen LogP contribution in [0.5, 0.6) is 0 Å². The minimum Gasteiger partial charge on any atom is -0.338 e. The molecule has 1 aromatic carbocycles. The average molecular weight is 375 g/mol. The summed E-state index contributed by atoms with van der Waals surface area (Å²) in [5, 5.41) is 8.37. The fourth-order valence-corrected chi connectivity index (χ4v) is 3.43. The molecule has 2 heterocycles. The Hall–Kier alpha value is -0.790. The van der Waals surface area contributed by atoms with Crippen LogP contribution >= 0.6 is 35.8 Å². The third kappa shape index (κ3) is 4.61. The number of hydrogen-bond acceptors (Lipinski definition) is 6. The highest BCUT2D eigenvalue weighted by Crippen LogP contribution is 2.34. The van der Waals surface area contributed by atoms with Gasteiger partial charge in [0.05, 0.1) is 11.3 Å². The van der Waals surface area contributed by atoms with Crippen molar-refractivity contribution in [3.05, 3.63) is 41.0 Å². The number of aromatic nitrogens is 2. The Kier molecular flexibility index (Phi) is 6.73. The van der Waals surface area contributed by atoms with Crippen LogP contribution in [-0.2, 0) is 0 Å². The zero-order valence-electron chi connectivity index (χ0n) is 13.0. The molecule has 8 heteroatoms. The molecule has 126 valence electrons. The molecule has 0 spiro atoms. The molecule has 0 bridgehead atoms. The SMILES string of the molecule is CC(Sc1ccc(Cl)cc1)c1nc(C2CNCCN2C)no1.Cl. The minimum absolute atomic E-state index is 0. The van der Waals surface area contributed by atoms with Crippen LogP contribution in [0.1, 0.15) is 29.9 Å². The number of benzene rings is 1. The second kappa shape index (κ2) is 8.35. The molecule has 0 saturated carbocycles. The quantitative estimate of drug-likeness (QED) is 0.825. The van der Waals surface area contributed by atoms with E-state index in [4.69, 9.17) is 16.1 Å². The fourth-order valence-electron chi connectivity index (χ4n) is 2.41. The monoisotopic (exact) mass is 374 g/mol. The minimum atomic E-state index is 0. The number of thioether (sulfide) groups is 1. The Bertz CT molecular complexity index is 622. The highest BCUT2D eigenvalue weighted by Gasteiger charge is 2.26. The summed E-state index contributed by atoms with van der Waals surface area (Å²) in [5.74, 6) is 1.42. The Morgan fingerprint density at radius 2 is 2.13 bits per heavy atom. The van der Waals surface area contributed by atoms with E-state index in [0.717, 1.165) is 35.4 Å². The first-order valence-electron chi connectivity index (χ1n) is 7.30. The number of nitrogens with zero attached hydrogens (tertiary/aromatic N) is 3. The molecule has 0 amide bonds. The van der Waals surface area contributed by atoms with Gasteiger partial charge < -0.3 is 9.84 Å². The zero-order valence-corrected chi connectivity index (χ0v) is 15.4. The molecule has 1 fully saturated rings. The molecule has 1 aromatic heterocycles. The standard InChI is InChI=1S/C15H19ClN4OS.ClH/c1-10(22-12-5-3-11(16)4-6-12)15-18-14(19-21-15)13-9-17-7-8-20(13)2;/h3-6,10,13,17H,7-9H2,1-2H3;1H. The smallest absolute Gasteiger partial charge is 0.239 e. The number of halogens is 2. The first-order chi connectivity index (χ1) is 10.6. The third-order valence-corrected chi connectivity index (χ3v) is 5.09. The molecule has 23 heavy (non-hydrogen) atoms. The zero-order chi connectivity index (χ0) is 15.5. The number of hydrogen-bond donors (Lipinski definition) is 1. The van der Waals surface area contributed by atoms with E-state index in [2.05, 4.69) is 34.3 Å². The van der Waals surface area contributed by atoms with Crippen LogP contribution in [-0.4, -0.2) is 41.7 Å². The van der Waals surface area contributed by atoms with Crippen LogP contribution in [0.4, 0.5) is 0 Å². The van der Waals surface area contributed by atoms with Gasteiger partial charge in [0.15, 0.2) is 5.82 Å². The second-order valence-electron chi connectivity index (χ2n) is 5.41. The van der Waals surface area contributed by atoms with E-state index in [-0.39, 0.29) is 23.7 Å². The Morgan fingerprint density at radius 1 is 1.39 bits per heavy atom. The molecular weight excluding hydrogens is 355 g/mol. The maximum Gasteiger partial charge on any atom is 0.239 e. The van der Waals surface area contributed by atoms with E-state index in [9.17, 15) is 0 Å². The van der Waals surface area contributed by atoms with Crippen molar-refractivity contribution in [3.63, 3.8) is 0 Å². The number of piperazine rings is 1. The van der Waals surface area contributed by atoms with Gasteiger partial charge in [-0.15, -0.1) is 24.2 Å². The van der Waals surface area contributed by atoms with Gasteiger partial charge in [-0.1, -0.05) is 16.8 Å². The van der Waals surface area contributed by atoms with Gasteiger partial charge in [0.25, 0.3) is 0 Å². The van der Waals surface area contributed by atoms with Crippen molar-refractivity contribution in [2.24, 2.45) is 0 Å². The summed E-state index contributed by atoms with van der Waals surface area (Å²) in [6, 6.07) is 7.95. The first-order valence-corrected chi connectivity index (χ1v) is 8.56. The molecule has 1 aliphatic heterocycles. The van der Waals surface area contributed by atoms with Gasteiger partial charge >= 0.3 is 0 Å². The largest absolute Gasteiger partial charge is 0.338 e. The highest BCUT2D eigenvalue weighted by atomic mass is 35.5. The summed E-state index contributed by atoms with van der Waals surface area (Å²) in [5.41, 5.74) is 0. The molecule has 5 nitrogen and oxygen atoms in total. The lowest BCUT2D eigenvalue weighted by Gasteiger charge is -2.30. The van der Waals surface area contributed by atoms with E-state index in [1.165, 1.54) is 0 Å². The molecular formula is C15H20Cl2N4OS. The summed E-state index contributed by atoms with van der Waals surface area (Å²) in [6.45, 7) is 4.91. The summed E-state index contributed by atoms with van der Waals surface area (Å²) < 4.78 is 5.46. The van der Waals surface area contributed by atoms with E-state index < -0.39 is 0 Å². The molecule has 1 N–H and O–H groups in total. The molecule has 0 aliphatic carbocycles. The van der Waals surface area contributed by atoms with Crippen molar-refractivity contribution in [2.45, 2.75) is 23.1 Å². The van der Waals surface area contributed by atoms with E-state index in [0.29, 0.717) is 5.89 Å². The normalized spacial score (nSPS) is 20.0. The van der Waals surface area contributed by atoms with Crippen molar-refractivity contribution < 1.29 is 4.52 Å². The van der Waals surface area contributed by atoms with Gasteiger partial charge in [0.2, 0.25) is 5.89 Å². The number of likely N-dealkylation sites (N-methyl/N-ethyl adjacent to an activating group) is 1. The van der Waals surface area contributed by atoms with Crippen molar-refractivity contribution in [1.29, 1.82) is 0 Å². The average Bonchev–Trinajstić information content (AvgIpc) is 3.00. The Labute approximate surface area is 151 Å². The highest BCUT2D eigenvalue weighted by molar-refractivity contribution is 7.99. The fraction of sp³-hybridized carbons (Fsp3) is 0.467. The van der Waals surface area contributed by atoms with E-state index in [1.54, 1.807) is 11.8 Å². The topological polar surface area (TPSA) is 54.2 Å². The van der Waals surface area contributed by atoms with Crippen molar-refractivity contribution >= 4 is 35.8 Å². The van der Waals surface area contributed by atoms with Gasteiger partial charge in [0, 0.05) is 29.6 Å². The van der Waals surface area contributed by atoms with Crippen molar-refractivity contribution in [1.82, 2.24) is 20.4 Å². The van der Waals surface area contributed by atoms with Crippen LogP contribution in [0.25, 0.3) is 0 Å². The summed E-state index contributed by atoms with van der Waals surface area (Å²) in [6.07, 6.45) is 0. The van der Waals surface area contributed by atoms with Crippen LogP contribution < -0.4 is 5.32 Å². The maximum absolute atomic E-state index is 5.91. The van der Waals surface area contributed by atoms with Crippen molar-refractivity contribution in [3.8, 4) is 0 Å². The van der Waals surface area contributed by atoms with Gasteiger partial charge in [-0.05, 0) is 38.2 Å². The number of nitrogens with one attached hydrogen (secondary N) is 1. The summed E-state index contributed by atoms with van der Waals surface area (Å²) in [4.78, 5) is 7.98. The maximum atomic E-state index is 5.91. The van der Waals surface area contributed by atoms with Crippen LogP contribution in [0.3, 0.4) is 0 Å². The lowest BCUT2D eigenvalue weighted by atomic mass is 10.2. The van der Waals surface area contributed by atoms with E-state index in [1.807, 2.05) is 24.3 Å². The molecule has 2 aromatic rings. The molecule has 3 rings (SSSR count). The Morgan fingerprint density at radius 3 is 2.83 bits per heavy atom. The van der Waals surface area contributed by atoms with Gasteiger partial charge in [-0.3, -0.25) is 4.90 Å². The lowest BCUT2D eigenvalue weighted by molar-refractivity contribution is 0.190. The molecule has 1 saturated heterocycles. The molecule has 2 unspecified atom stereocenters. The molecule has 2 atom stereocenters. The van der Waals surface area contributed by atoms with E-state index >= 15 is 0 Å². The Balaban J connectivity index is 0.00000192. The second-order valence-corrected chi connectivity index (χ2v) is 7.26. The first kappa shape index (κ1) is 18.5. The molecule has 0 radical (unpaired) electrons. The van der Waals surface area contributed by atoms with Gasteiger partial charge in [-0.2, -0.15) is 4.98 Å². The molecule has 1 aliphatic rings. The van der Waals surface area contributed by atoms with Crippen LogP contribution in [0.2, 0.25) is 5.02 Å². The summed E-state index contributed by atoms with van der Waals surface area (Å²) >= 11 is 7.59. The van der Waals surface area contributed by atoms with Gasteiger partial charge in [-0.25, -0.2) is 0 Å². The van der Waals surface area contributed by atoms with Gasteiger partial charge in [0.1, 0.15) is 0 Å². The van der Waals surface area contributed by atoms with Crippen molar-refractivity contribution in [2.75, 3.05) is 26.7 Å². The number of rotatable bonds is 4. The third-order valence-electron chi connectivity index (χ3n) is 3.74. The lowest BCUT2D eigenvalue weighted by Crippen LogP contribution is -2.44. The summed E-state index contributed by atoms with van der Waals surface area (Å²) in [7, 11) is 2.09. The van der Waals surface area contributed by atoms with Crippen LogP contribution in [0.15, 0.2) is 33.7 Å². The predicted octanol–water partition coefficient (Wildman–Crippen LogP) is 3.57.